The summed E-state index contributed by atoms with van der Waals surface area (Å²) in [6.07, 6.45) is -1.70. The number of nitrogens with zero attached hydrogens (tertiary/aromatic N) is 3. The molecule has 1 amide bonds. The lowest BCUT2D eigenvalue weighted by Crippen LogP contribution is -2.41. The van der Waals surface area contributed by atoms with Crippen LogP contribution in [-0.4, -0.2) is 57.4 Å². The van der Waals surface area contributed by atoms with Crippen molar-refractivity contribution in [1.82, 2.24) is 9.97 Å². The molecular formula is C23H21N3O5S2. The molecule has 2 aromatic heterocycles. The number of aryl methyl sites for hydroxylation is 1. The van der Waals surface area contributed by atoms with Crippen LogP contribution in [0.2, 0.25) is 0 Å². The molecule has 3 aromatic rings. The summed E-state index contributed by atoms with van der Waals surface area (Å²) in [6, 6.07) is 14.1. The van der Waals surface area contributed by atoms with Gasteiger partial charge in [0.1, 0.15) is 16.8 Å². The van der Waals surface area contributed by atoms with Crippen LogP contribution in [0.1, 0.15) is 5.56 Å². The number of pyridine rings is 2. The average Bonchev–Trinajstić information content (AvgIpc) is 3.10. The van der Waals surface area contributed by atoms with Crippen molar-refractivity contribution >= 4 is 52.4 Å². The Morgan fingerprint density at radius 3 is 2.67 bits per heavy atom. The molecule has 0 saturated carbocycles. The van der Waals surface area contributed by atoms with E-state index in [0.717, 1.165) is 22.5 Å². The van der Waals surface area contributed by atoms with Gasteiger partial charge in [0.25, 0.3) is 0 Å². The Kier molecular flexibility index (Phi) is 6.03. The van der Waals surface area contributed by atoms with E-state index in [2.05, 4.69) is 9.97 Å². The van der Waals surface area contributed by atoms with E-state index in [1.165, 1.54) is 4.90 Å². The third-order valence-electron chi connectivity index (χ3n) is 5.46. The van der Waals surface area contributed by atoms with Crippen LogP contribution in [0.3, 0.4) is 0 Å². The molecule has 0 aliphatic carbocycles. The van der Waals surface area contributed by atoms with Crippen LogP contribution >= 0.6 is 23.5 Å². The zero-order valence-corrected chi connectivity index (χ0v) is 19.6. The summed E-state index contributed by atoms with van der Waals surface area (Å²) in [4.78, 5) is 36.5. The first-order chi connectivity index (χ1) is 16.0. The lowest BCUT2D eigenvalue weighted by Gasteiger charge is -2.28. The number of benzene rings is 1. The molecule has 33 heavy (non-hydrogen) atoms. The molecule has 3 unspecified atom stereocenters. The lowest BCUT2D eigenvalue weighted by molar-refractivity contribution is -0.117. The van der Waals surface area contributed by atoms with E-state index in [1.54, 1.807) is 61.0 Å². The number of para-hydroxylation sites is 1. The van der Waals surface area contributed by atoms with Gasteiger partial charge < -0.3 is 14.2 Å². The van der Waals surface area contributed by atoms with Crippen LogP contribution in [0.5, 0.6) is 11.6 Å². The number of amides is 1. The summed E-state index contributed by atoms with van der Waals surface area (Å²) < 4.78 is 16.3. The topological polar surface area (TPSA) is 90.8 Å². The molecule has 170 valence electrons. The number of ether oxygens (including phenoxy) is 3. The van der Waals surface area contributed by atoms with Crippen LogP contribution in [0.4, 0.5) is 10.6 Å². The normalized spacial score (nSPS) is 22.2. The van der Waals surface area contributed by atoms with E-state index in [1.807, 2.05) is 25.1 Å². The molecule has 1 aromatic carbocycles. The highest BCUT2D eigenvalue weighted by Gasteiger charge is 2.53. The number of carbonyl (C=O) groups is 2. The molecule has 0 radical (unpaired) electrons. The second kappa shape index (κ2) is 9.11. The van der Waals surface area contributed by atoms with Gasteiger partial charge in [0, 0.05) is 23.0 Å². The standard InChI is InChI=1S/C23H21N3O5S2/c1-13-12-17(29-2)25-20-15(13)8-9-16(24-20)26-21(27)18-19(33-11-10-32-18)22(26)31-23(28)30-14-6-4-3-5-7-14/h3-9,12,18-19,22H,10-11H2,1-2H3. The largest absolute Gasteiger partial charge is 0.515 e. The zero-order valence-electron chi connectivity index (χ0n) is 18.0. The van der Waals surface area contributed by atoms with Crippen LogP contribution in [0.25, 0.3) is 11.0 Å². The Balaban J connectivity index is 1.49. The highest BCUT2D eigenvalue weighted by molar-refractivity contribution is 8.07. The molecule has 4 heterocycles. The van der Waals surface area contributed by atoms with Crippen molar-refractivity contribution in [3.63, 3.8) is 0 Å². The maximum absolute atomic E-state index is 13.4. The fraction of sp³-hybridized carbons (Fsp3) is 0.304. The smallest absolute Gasteiger partial charge is 0.481 e. The highest BCUT2D eigenvalue weighted by atomic mass is 32.2. The van der Waals surface area contributed by atoms with Crippen molar-refractivity contribution in [1.29, 1.82) is 0 Å². The van der Waals surface area contributed by atoms with Crippen LogP contribution in [0.15, 0.2) is 48.5 Å². The number of thioether (sulfide) groups is 2. The summed E-state index contributed by atoms with van der Waals surface area (Å²) in [6.45, 7) is 1.95. The van der Waals surface area contributed by atoms with Gasteiger partial charge in [0.2, 0.25) is 11.8 Å². The van der Waals surface area contributed by atoms with Gasteiger partial charge in [-0.25, -0.2) is 9.78 Å². The number of aromatic nitrogens is 2. The first-order valence-corrected chi connectivity index (χ1v) is 12.5. The number of hydrogen-bond donors (Lipinski definition) is 0. The third-order valence-corrected chi connectivity index (χ3v) is 8.52. The summed E-state index contributed by atoms with van der Waals surface area (Å²) in [5.74, 6) is 2.77. The average molecular weight is 484 g/mol. The van der Waals surface area contributed by atoms with E-state index in [-0.39, 0.29) is 16.4 Å². The van der Waals surface area contributed by atoms with Gasteiger partial charge in [-0.15, -0.1) is 11.8 Å². The van der Waals surface area contributed by atoms with Gasteiger partial charge in [-0.2, -0.15) is 16.7 Å². The summed E-state index contributed by atoms with van der Waals surface area (Å²) in [5, 5.41) is 0.307. The molecule has 2 saturated heterocycles. The van der Waals surface area contributed by atoms with Gasteiger partial charge in [-0.1, -0.05) is 18.2 Å². The predicted octanol–water partition coefficient (Wildman–Crippen LogP) is 4.05. The molecular weight excluding hydrogens is 462 g/mol. The molecule has 3 atom stereocenters. The molecule has 0 bridgehead atoms. The summed E-state index contributed by atoms with van der Waals surface area (Å²) in [5.41, 5.74) is 1.42. The Morgan fingerprint density at radius 1 is 1.09 bits per heavy atom. The number of carbonyl (C=O) groups excluding carboxylic acids is 2. The van der Waals surface area contributed by atoms with Gasteiger partial charge in [-0.3, -0.25) is 9.69 Å². The Bertz CT molecular complexity index is 1210. The number of rotatable bonds is 4. The fourth-order valence-corrected chi connectivity index (χ4v) is 6.92. The van der Waals surface area contributed by atoms with Crippen molar-refractivity contribution in [2.24, 2.45) is 0 Å². The van der Waals surface area contributed by atoms with E-state index >= 15 is 0 Å². The highest BCUT2D eigenvalue weighted by Crippen LogP contribution is 2.43. The molecule has 2 fully saturated rings. The minimum absolute atomic E-state index is 0.138. The Labute approximate surface area is 199 Å². The summed E-state index contributed by atoms with van der Waals surface area (Å²) >= 11 is 3.20. The molecule has 2 aliphatic rings. The van der Waals surface area contributed by atoms with Gasteiger partial charge >= 0.3 is 6.16 Å². The monoisotopic (exact) mass is 483 g/mol. The fourth-order valence-electron chi connectivity index (χ4n) is 3.93. The molecule has 5 rings (SSSR count). The minimum atomic E-state index is -0.864. The molecule has 0 spiro atoms. The first kappa shape index (κ1) is 21.8. The van der Waals surface area contributed by atoms with Crippen LogP contribution < -0.4 is 14.4 Å². The summed E-state index contributed by atoms with van der Waals surface area (Å²) in [7, 11) is 1.54. The molecule has 8 nitrogen and oxygen atoms in total. The Hall–Kier alpha value is -2.98. The third kappa shape index (κ3) is 4.20. The van der Waals surface area contributed by atoms with E-state index in [9.17, 15) is 9.59 Å². The van der Waals surface area contributed by atoms with Crippen molar-refractivity contribution in [3.05, 3.63) is 54.1 Å². The van der Waals surface area contributed by atoms with Gasteiger partial charge in [0.15, 0.2) is 11.9 Å². The van der Waals surface area contributed by atoms with E-state index in [4.69, 9.17) is 14.2 Å². The molecule has 2 aliphatic heterocycles. The predicted molar refractivity (Wildman–Crippen MR) is 128 cm³/mol. The second-order valence-electron chi connectivity index (χ2n) is 7.53. The van der Waals surface area contributed by atoms with E-state index in [0.29, 0.717) is 23.1 Å². The number of anilines is 1. The Morgan fingerprint density at radius 2 is 1.88 bits per heavy atom. The SMILES string of the molecule is COc1cc(C)c2ccc(N3C(=O)C4SCCSC4C3OC(=O)Oc3ccccc3)nc2n1. The number of methoxy groups -OCH3 is 1. The molecule has 10 heteroatoms. The van der Waals surface area contributed by atoms with Crippen molar-refractivity contribution in [2.75, 3.05) is 23.5 Å². The number of hydrogen-bond acceptors (Lipinski definition) is 9. The van der Waals surface area contributed by atoms with Crippen LogP contribution in [0, 0.1) is 6.92 Å². The van der Waals surface area contributed by atoms with Crippen molar-refractivity contribution in [3.8, 4) is 11.6 Å². The zero-order chi connectivity index (χ0) is 22.9. The minimum Gasteiger partial charge on any atom is -0.481 e. The quantitative estimate of drug-likeness (QED) is 0.402. The van der Waals surface area contributed by atoms with E-state index < -0.39 is 12.4 Å². The van der Waals surface area contributed by atoms with Gasteiger partial charge in [-0.05, 0) is 36.8 Å². The molecule has 0 N–H and O–H groups in total. The first-order valence-electron chi connectivity index (χ1n) is 10.4. The number of fused-ring (bicyclic) bond motifs is 2. The maximum atomic E-state index is 13.4. The lowest BCUT2D eigenvalue weighted by atomic mass is 10.2. The van der Waals surface area contributed by atoms with Gasteiger partial charge in [0.05, 0.1) is 12.4 Å². The van der Waals surface area contributed by atoms with Crippen molar-refractivity contribution < 1.29 is 23.8 Å². The maximum Gasteiger partial charge on any atom is 0.515 e. The van der Waals surface area contributed by atoms with Crippen molar-refractivity contribution in [2.45, 2.75) is 23.7 Å². The van der Waals surface area contributed by atoms with Crippen LogP contribution in [-0.2, 0) is 9.53 Å². The second-order valence-corrected chi connectivity index (χ2v) is 10.1.